The molecular formula is C59H60N2. The standard InChI is InChI=1S/C59H60N2/c1-5-42(34-33-41(4)59-60-54-29-17-18-30-55(54)61(59)47-21-7-6-8-22-47)57-52-27-15-13-25-50(52)56(51-26-14-16-28-53(51)57)40(3)32-35-43-37-46(36-31-39(43)2)58-48-23-11-9-19-44(48)38-45-20-10-12-24-49(45)58/h5-9,11,13,15,18-28,30-31,36,38,43,52,57,59-60H,3-4,10,12,14,16-17,29,32-35,37H2,1-2H3/b42-5+. The lowest BCUT2D eigenvalue weighted by Gasteiger charge is -2.41. The molecule has 7 aliphatic rings. The number of fused-ring (bicyclic) bond motifs is 4. The molecule has 1 aliphatic heterocycles. The number of benzene rings is 3. The van der Waals surface area contributed by atoms with Crippen LogP contribution in [0.2, 0.25) is 0 Å². The highest BCUT2D eigenvalue weighted by Gasteiger charge is 2.40. The fourth-order valence-electron chi connectivity index (χ4n) is 11.4. The van der Waals surface area contributed by atoms with Gasteiger partial charge in [-0.1, -0.05) is 140 Å². The fraction of sp³-hybridized carbons (Fsp3) is 0.288. The summed E-state index contributed by atoms with van der Waals surface area (Å²) in [5.41, 5.74) is 18.1. The molecule has 0 spiro atoms. The first-order chi connectivity index (χ1) is 30.0. The Morgan fingerprint density at radius 2 is 1.67 bits per heavy atom. The Morgan fingerprint density at radius 3 is 2.56 bits per heavy atom. The van der Waals surface area contributed by atoms with Crippen LogP contribution >= 0.6 is 0 Å². The van der Waals surface area contributed by atoms with Crippen molar-refractivity contribution in [1.29, 1.82) is 0 Å². The van der Waals surface area contributed by atoms with Crippen LogP contribution in [0, 0.1) is 17.8 Å². The molecule has 0 radical (unpaired) electrons. The summed E-state index contributed by atoms with van der Waals surface area (Å²) in [6.07, 6.45) is 43.0. The van der Waals surface area contributed by atoms with Crippen molar-refractivity contribution in [2.45, 2.75) is 90.6 Å². The maximum atomic E-state index is 4.93. The van der Waals surface area contributed by atoms with E-state index in [4.69, 9.17) is 13.2 Å². The van der Waals surface area contributed by atoms with Crippen LogP contribution in [-0.4, -0.2) is 6.17 Å². The van der Waals surface area contributed by atoms with E-state index in [-0.39, 0.29) is 6.17 Å². The molecule has 0 saturated heterocycles. The average molecular weight is 797 g/mol. The molecule has 61 heavy (non-hydrogen) atoms. The molecule has 3 aromatic carbocycles. The van der Waals surface area contributed by atoms with Crippen molar-refractivity contribution in [3.05, 3.63) is 213 Å². The highest BCUT2D eigenvalue weighted by molar-refractivity contribution is 5.95. The zero-order chi connectivity index (χ0) is 41.5. The maximum Gasteiger partial charge on any atom is 0.126 e. The van der Waals surface area contributed by atoms with E-state index in [0.29, 0.717) is 17.8 Å². The summed E-state index contributed by atoms with van der Waals surface area (Å²) in [5, 5.41) is 9.47. The number of rotatable bonds is 11. The number of nitrogens with zero attached hydrogens (tertiary/aromatic N) is 1. The zero-order valence-electron chi connectivity index (χ0n) is 36.2. The molecule has 306 valence electrons. The molecule has 2 heteroatoms. The highest BCUT2D eigenvalue weighted by atomic mass is 15.3. The predicted molar refractivity (Wildman–Crippen MR) is 261 cm³/mol. The van der Waals surface area contributed by atoms with Gasteiger partial charge in [-0.25, -0.2) is 0 Å². The second-order valence-electron chi connectivity index (χ2n) is 18.1. The minimum atomic E-state index is 0.0512. The van der Waals surface area contributed by atoms with Gasteiger partial charge in [0.1, 0.15) is 6.17 Å². The number of anilines is 1. The summed E-state index contributed by atoms with van der Waals surface area (Å²) in [4.78, 5) is 2.47. The van der Waals surface area contributed by atoms with E-state index in [1.54, 1.807) is 0 Å². The third-order valence-corrected chi connectivity index (χ3v) is 14.5. The van der Waals surface area contributed by atoms with E-state index in [1.807, 2.05) is 0 Å². The molecule has 0 amide bonds. The van der Waals surface area contributed by atoms with Crippen molar-refractivity contribution in [3.8, 4) is 0 Å². The van der Waals surface area contributed by atoms with Crippen LogP contribution in [-0.2, 0) is 0 Å². The summed E-state index contributed by atoms with van der Waals surface area (Å²) < 4.78 is 0. The molecule has 4 atom stereocenters. The van der Waals surface area contributed by atoms with Crippen LogP contribution in [0.25, 0.3) is 28.5 Å². The third kappa shape index (κ3) is 7.28. The number of para-hydroxylation sites is 1. The Balaban J connectivity index is 0.888. The molecule has 10 rings (SSSR count). The van der Waals surface area contributed by atoms with Gasteiger partial charge < -0.3 is 10.2 Å². The van der Waals surface area contributed by atoms with Crippen LogP contribution in [0.1, 0.15) is 90.0 Å². The molecule has 6 aliphatic carbocycles. The Morgan fingerprint density at radius 1 is 0.852 bits per heavy atom. The van der Waals surface area contributed by atoms with Crippen LogP contribution in [0.4, 0.5) is 5.69 Å². The Bertz CT molecular complexity index is 2760. The predicted octanol–water partition coefficient (Wildman–Crippen LogP) is 13.5. The number of nitrogens with one attached hydrogen (secondary N) is 1. The zero-order valence-corrected chi connectivity index (χ0v) is 36.2. The lowest BCUT2D eigenvalue weighted by molar-refractivity contribution is 0.535. The van der Waals surface area contributed by atoms with Gasteiger partial charge in [-0.15, -0.1) is 0 Å². The van der Waals surface area contributed by atoms with Gasteiger partial charge >= 0.3 is 0 Å². The first-order valence-electron chi connectivity index (χ1n) is 23.1. The van der Waals surface area contributed by atoms with E-state index in [9.17, 15) is 0 Å². The summed E-state index contributed by atoms with van der Waals surface area (Å²) in [5.74, 6) is 1.09. The second-order valence-corrected chi connectivity index (χ2v) is 18.1. The van der Waals surface area contributed by atoms with Gasteiger partial charge in [0.15, 0.2) is 0 Å². The molecule has 4 unspecified atom stereocenters. The van der Waals surface area contributed by atoms with E-state index < -0.39 is 0 Å². The number of allylic oxidation sites excluding steroid dienone is 20. The normalized spacial score (nSPS) is 24.0. The van der Waals surface area contributed by atoms with Gasteiger partial charge in [-0.2, -0.15) is 0 Å². The minimum Gasteiger partial charge on any atom is -0.363 e. The van der Waals surface area contributed by atoms with Gasteiger partial charge in [0.05, 0.1) is 5.70 Å². The smallest absolute Gasteiger partial charge is 0.126 e. The average Bonchev–Trinajstić information content (AvgIpc) is 3.70. The lowest BCUT2D eigenvalue weighted by atomic mass is 9.62. The van der Waals surface area contributed by atoms with E-state index in [0.717, 1.165) is 70.6 Å². The largest absolute Gasteiger partial charge is 0.363 e. The topological polar surface area (TPSA) is 15.3 Å². The van der Waals surface area contributed by atoms with Crippen LogP contribution in [0.5, 0.6) is 0 Å². The van der Waals surface area contributed by atoms with Crippen molar-refractivity contribution >= 4 is 34.2 Å². The van der Waals surface area contributed by atoms with Gasteiger partial charge in [-0.05, 0) is 180 Å². The van der Waals surface area contributed by atoms with Crippen LogP contribution < -0.4 is 20.7 Å². The van der Waals surface area contributed by atoms with Crippen molar-refractivity contribution in [3.63, 3.8) is 0 Å². The maximum absolute atomic E-state index is 4.93. The SMILES string of the molecule is C=C(CCC1CC(c2c3c(cc4ccccc24)=CCCC=3)=CC=C1C)C1=C2C=CC=CC2C(/C(=C/C)CCC(=C)C2NC3=C(C=CCC3)N2c2ccccc2)C2=CCCC=C21. The summed E-state index contributed by atoms with van der Waals surface area (Å²) >= 11 is 0. The van der Waals surface area contributed by atoms with Gasteiger partial charge in [-0.3, -0.25) is 0 Å². The van der Waals surface area contributed by atoms with Gasteiger partial charge in [0.2, 0.25) is 0 Å². The molecular weight excluding hydrogens is 737 g/mol. The highest BCUT2D eigenvalue weighted by Crippen LogP contribution is 2.52. The molecule has 0 aromatic heterocycles. The second kappa shape index (κ2) is 16.9. The number of hydrogen-bond donors (Lipinski definition) is 1. The van der Waals surface area contributed by atoms with E-state index >= 15 is 0 Å². The van der Waals surface area contributed by atoms with Crippen molar-refractivity contribution in [2.24, 2.45) is 17.8 Å². The molecule has 1 heterocycles. The molecule has 0 saturated carbocycles. The Labute approximate surface area is 363 Å². The van der Waals surface area contributed by atoms with Crippen molar-refractivity contribution in [1.82, 2.24) is 5.32 Å². The summed E-state index contributed by atoms with van der Waals surface area (Å²) in [6, 6.07) is 22.2. The molecule has 2 nitrogen and oxygen atoms in total. The first kappa shape index (κ1) is 39.3. The van der Waals surface area contributed by atoms with Gasteiger partial charge in [0, 0.05) is 23.2 Å². The van der Waals surface area contributed by atoms with Crippen LogP contribution in [0.15, 0.2) is 197 Å². The van der Waals surface area contributed by atoms with E-state index in [1.165, 1.54) is 94.0 Å². The molecule has 0 fully saturated rings. The fourth-order valence-corrected chi connectivity index (χ4v) is 11.4. The molecule has 1 N–H and O–H groups in total. The molecule has 0 bridgehead atoms. The Kier molecular flexibility index (Phi) is 10.9. The van der Waals surface area contributed by atoms with E-state index in [2.05, 4.69) is 164 Å². The minimum absolute atomic E-state index is 0.0512. The van der Waals surface area contributed by atoms with Crippen molar-refractivity contribution in [2.75, 3.05) is 4.90 Å². The monoisotopic (exact) mass is 796 g/mol. The van der Waals surface area contributed by atoms with Crippen molar-refractivity contribution < 1.29 is 0 Å². The van der Waals surface area contributed by atoms with Crippen LogP contribution in [0.3, 0.4) is 0 Å². The summed E-state index contributed by atoms with van der Waals surface area (Å²) in [7, 11) is 0. The Hall–Kier alpha value is -5.86. The quantitative estimate of drug-likeness (QED) is 0.194. The lowest BCUT2D eigenvalue weighted by Crippen LogP contribution is -2.39. The number of hydrogen-bond acceptors (Lipinski definition) is 2. The van der Waals surface area contributed by atoms with Gasteiger partial charge in [0.25, 0.3) is 0 Å². The third-order valence-electron chi connectivity index (χ3n) is 14.5. The first-order valence-corrected chi connectivity index (χ1v) is 23.1. The summed E-state index contributed by atoms with van der Waals surface area (Å²) in [6.45, 7) is 14.3. The molecule has 3 aromatic rings.